The first-order valence-electron chi connectivity index (χ1n) is 10.4. The molecule has 0 fully saturated rings. The average molecular weight is 449 g/mol. The summed E-state index contributed by atoms with van der Waals surface area (Å²) in [6.45, 7) is 0.141. The van der Waals surface area contributed by atoms with Crippen molar-refractivity contribution in [3.63, 3.8) is 0 Å². The van der Waals surface area contributed by atoms with Gasteiger partial charge in [0.05, 0.1) is 13.0 Å². The summed E-state index contributed by atoms with van der Waals surface area (Å²) < 4.78 is 10.4. The van der Waals surface area contributed by atoms with Crippen molar-refractivity contribution in [3.8, 4) is 11.1 Å². The van der Waals surface area contributed by atoms with Crippen LogP contribution in [0.5, 0.6) is 0 Å². The Morgan fingerprint density at radius 2 is 1.73 bits per heavy atom. The van der Waals surface area contributed by atoms with Gasteiger partial charge in [0.25, 0.3) is 5.91 Å². The lowest BCUT2D eigenvalue weighted by molar-refractivity contribution is -0.137. The van der Waals surface area contributed by atoms with Gasteiger partial charge in [0, 0.05) is 19.5 Å². The van der Waals surface area contributed by atoms with Crippen LogP contribution < -0.4 is 5.32 Å². The topological polar surface area (TPSA) is 122 Å². The molecule has 9 heteroatoms. The summed E-state index contributed by atoms with van der Waals surface area (Å²) in [7, 11) is 1.49. The minimum Gasteiger partial charge on any atom is -0.481 e. The number of amides is 2. The fourth-order valence-corrected chi connectivity index (χ4v) is 3.94. The Labute approximate surface area is 189 Å². The molecule has 0 atom stereocenters. The Hall–Kier alpha value is -4.14. The Morgan fingerprint density at radius 3 is 2.36 bits per heavy atom. The summed E-state index contributed by atoms with van der Waals surface area (Å²) >= 11 is 0. The predicted molar refractivity (Wildman–Crippen MR) is 118 cm³/mol. The van der Waals surface area contributed by atoms with Crippen molar-refractivity contribution in [1.29, 1.82) is 0 Å². The van der Waals surface area contributed by atoms with Crippen molar-refractivity contribution in [2.75, 3.05) is 20.2 Å². The molecule has 1 aromatic heterocycles. The van der Waals surface area contributed by atoms with E-state index >= 15 is 0 Å². The summed E-state index contributed by atoms with van der Waals surface area (Å²) in [6, 6.07) is 16.1. The van der Waals surface area contributed by atoms with Crippen LogP contribution in [0.4, 0.5) is 4.79 Å². The quantitative estimate of drug-likeness (QED) is 0.541. The van der Waals surface area contributed by atoms with Gasteiger partial charge in [0.15, 0.2) is 0 Å². The molecule has 0 aliphatic heterocycles. The van der Waals surface area contributed by atoms with Gasteiger partial charge in [-0.25, -0.2) is 4.79 Å². The number of nitrogens with zero attached hydrogens (tertiary/aromatic N) is 2. The molecule has 0 saturated heterocycles. The lowest BCUT2D eigenvalue weighted by atomic mass is 9.98. The minimum atomic E-state index is -1.00. The highest BCUT2D eigenvalue weighted by atomic mass is 16.5. The normalized spacial score (nSPS) is 12.0. The van der Waals surface area contributed by atoms with Crippen molar-refractivity contribution < 1.29 is 28.8 Å². The molecule has 0 unspecified atom stereocenters. The first-order chi connectivity index (χ1) is 16.0. The Morgan fingerprint density at radius 1 is 1.09 bits per heavy atom. The highest BCUT2D eigenvalue weighted by molar-refractivity contribution is 5.95. The third-order valence-electron chi connectivity index (χ3n) is 5.63. The van der Waals surface area contributed by atoms with Crippen LogP contribution in [0.25, 0.3) is 11.1 Å². The lowest BCUT2D eigenvalue weighted by Crippen LogP contribution is -2.31. The molecule has 9 nitrogen and oxygen atoms in total. The number of fused-ring (bicyclic) bond motifs is 3. The van der Waals surface area contributed by atoms with Crippen LogP contribution in [0.3, 0.4) is 0 Å². The van der Waals surface area contributed by atoms with Gasteiger partial charge < -0.3 is 24.6 Å². The number of hydrogen-bond acceptors (Lipinski definition) is 6. The molecular formula is C24H23N3O6. The van der Waals surface area contributed by atoms with Gasteiger partial charge in [-0.3, -0.25) is 9.59 Å². The number of nitrogens with one attached hydrogen (secondary N) is 1. The molecule has 2 aromatic carbocycles. The van der Waals surface area contributed by atoms with E-state index in [1.165, 1.54) is 18.2 Å². The lowest BCUT2D eigenvalue weighted by Gasteiger charge is -2.16. The summed E-state index contributed by atoms with van der Waals surface area (Å²) in [5, 5.41) is 15.1. The number of carbonyl (C=O) groups is 3. The number of carboxylic acids is 1. The van der Waals surface area contributed by atoms with Crippen molar-refractivity contribution >= 4 is 18.0 Å². The zero-order chi connectivity index (χ0) is 23.4. The maximum Gasteiger partial charge on any atom is 0.407 e. The fraction of sp³-hybridized carbons (Fsp3) is 0.250. The van der Waals surface area contributed by atoms with Crippen molar-refractivity contribution in [2.24, 2.45) is 0 Å². The molecule has 1 heterocycles. The van der Waals surface area contributed by atoms with Crippen LogP contribution in [-0.4, -0.2) is 53.3 Å². The summed E-state index contributed by atoms with van der Waals surface area (Å²) in [6.07, 6.45) is 0.354. The number of carboxylic acid groups (broad SMARTS) is 1. The molecule has 1 aliphatic carbocycles. The van der Waals surface area contributed by atoms with Crippen LogP contribution in [0, 0.1) is 0 Å². The molecule has 3 aromatic rings. The molecule has 33 heavy (non-hydrogen) atoms. The van der Waals surface area contributed by atoms with Crippen LogP contribution in [0.2, 0.25) is 0 Å². The van der Waals surface area contributed by atoms with E-state index in [1.807, 2.05) is 36.4 Å². The summed E-state index contributed by atoms with van der Waals surface area (Å²) in [5.74, 6) is -1.51. The van der Waals surface area contributed by atoms with E-state index in [0.717, 1.165) is 22.3 Å². The monoisotopic (exact) mass is 449 g/mol. The number of ether oxygens (including phenoxy) is 1. The molecule has 0 bridgehead atoms. The third-order valence-corrected chi connectivity index (χ3v) is 5.63. The Bertz CT molecular complexity index is 1140. The zero-order valence-corrected chi connectivity index (χ0v) is 18.0. The first-order valence-corrected chi connectivity index (χ1v) is 10.4. The predicted octanol–water partition coefficient (Wildman–Crippen LogP) is 3.26. The van der Waals surface area contributed by atoms with E-state index in [4.69, 9.17) is 14.4 Å². The second kappa shape index (κ2) is 9.56. The number of carbonyl (C=O) groups excluding carboxylic acids is 2. The van der Waals surface area contributed by atoms with Gasteiger partial charge in [-0.1, -0.05) is 53.7 Å². The second-order valence-electron chi connectivity index (χ2n) is 7.72. The van der Waals surface area contributed by atoms with E-state index in [0.29, 0.717) is 0 Å². The van der Waals surface area contributed by atoms with Gasteiger partial charge in [-0.2, -0.15) is 0 Å². The molecule has 2 amide bonds. The number of aromatic nitrogens is 1. The molecule has 0 saturated carbocycles. The van der Waals surface area contributed by atoms with Crippen molar-refractivity contribution in [1.82, 2.24) is 15.4 Å². The van der Waals surface area contributed by atoms with Crippen molar-refractivity contribution in [3.05, 3.63) is 77.2 Å². The molecule has 4 rings (SSSR count). The average Bonchev–Trinajstić information content (AvgIpc) is 3.42. The fourth-order valence-electron chi connectivity index (χ4n) is 3.94. The van der Waals surface area contributed by atoms with Gasteiger partial charge in [0.2, 0.25) is 0 Å². The largest absolute Gasteiger partial charge is 0.481 e. The Kier molecular flexibility index (Phi) is 6.39. The van der Waals surface area contributed by atoms with E-state index in [2.05, 4.69) is 22.6 Å². The molecule has 0 spiro atoms. The van der Waals surface area contributed by atoms with Crippen LogP contribution in [-0.2, 0) is 16.1 Å². The van der Waals surface area contributed by atoms with E-state index in [1.54, 1.807) is 0 Å². The van der Waals surface area contributed by atoms with Gasteiger partial charge in [-0.15, -0.1) is 0 Å². The van der Waals surface area contributed by atoms with Crippen LogP contribution in [0.15, 0.2) is 59.3 Å². The van der Waals surface area contributed by atoms with Crippen LogP contribution >= 0.6 is 0 Å². The number of alkyl carbamates (subject to hydrolysis) is 1. The second-order valence-corrected chi connectivity index (χ2v) is 7.72. The summed E-state index contributed by atoms with van der Waals surface area (Å²) in [4.78, 5) is 36.8. The first kappa shape index (κ1) is 22.1. The maximum atomic E-state index is 12.5. The molecule has 1 aliphatic rings. The van der Waals surface area contributed by atoms with E-state index < -0.39 is 18.0 Å². The van der Waals surface area contributed by atoms with Gasteiger partial charge in [0.1, 0.15) is 24.1 Å². The number of hydrogen-bond donors (Lipinski definition) is 2. The maximum absolute atomic E-state index is 12.5. The smallest absolute Gasteiger partial charge is 0.407 e. The minimum absolute atomic E-state index is 0.0403. The Balaban J connectivity index is 1.35. The number of rotatable bonds is 8. The van der Waals surface area contributed by atoms with Crippen LogP contribution in [0.1, 0.15) is 39.5 Å². The zero-order valence-electron chi connectivity index (χ0n) is 18.0. The van der Waals surface area contributed by atoms with Crippen molar-refractivity contribution in [2.45, 2.75) is 18.9 Å². The highest BCUT2D eigenvalue weighted by Crippen LogP contribution is 2.44. The SMILES string of the molecule is CN(CCC(=O)O)C(=O)c1conc1CNC(=O)OCC1c2ccccc2-c2ccccc21. The number of aliphatic carboxylic acids is 1. The third kappa shape index (κ3) is 4.72. The number of benzene rings is 2. The van der Waals surface area contributed by atoms with E-state index in [9.17, 15) is 14.4 Å². The van der Waals surface area contributed by atoms with E-state index in [-0.39, 0.29) is 43.3 Å². The molecule has 2 N–H and O–H groups in total. The summed E-state index contributed by atoms with van der Waals surface area (Å²) in [5.41, 5.74) is 4.89. The molecule has 170 valence electrons. The highest BCUT2D eigenvalue weighted by Gasteiger charge is 2.29. The molecular weight excluding hydrogens is 426 g/mol. The van der Waals surface area contributed by atoms with Gasteiger partial charge in [-0.05, 0) is 22.3 Å². The standard InChI is InChI=1S/C24H23N3O6/c1-27(11-10-22(28)29)23(30)20-14-33-26-21(20)12-25-24(31)32-13-19-17-8-4-2-6-15(17)16-7-3-5-9-18(16)19/h2-9,14,19H,10-13H2,1H3,(H,25,31)(H,28,29). The van der Waals surface area contributed by atoms with Gasteiger partial charge >= 0.3 is 12.1 Å². The molecule has 0 radical (unpaired) electrons.